The van der Waals surface area contributed by atoms with E-state index in [1.54, 1.807) is 36.4 Å². The molecule has 9 nitrogen and oxygen atoms in total. The smallest absolute Gasteiger partial charge is 0.259 e. The number of piperidine rings is 1. The van der Waals surface area contributed by atoms with Crippen molar-refractivity contribution in [1.82, 2.24) is 15.2 Å². The van der Waals surface area contributed by atoms with Crippen molar-refractivity contribution in [2.75, 3.05) is 37.3 Å². The van der Waals surface area contributed by atoms with Crippen LogP contribution in [0.5, 0.6) is 5.75 Å². The molecule has 200 valence electrons. The molecule has 3 amide bonds. The molecule has 4 rings (SSSR count). The number of para-hydroxylation sites is 1. The molecule has 11 heteroatoms. The van der Waals surface area contributed by atoms with Crippen LogP contribution < -0.4 is 16.0 Å². The Labute approximate surface area is 232 Å². The standard InChI is InChI=1S/C27H28ClN5O4.ClH/c1-29-13-15-33-14-3-5-20(27(33)37)17-7-9-18(10-8-17)25(35)32-24-21(4-2-6-22(24)34)26(36)31-23-12-11-19(28)16-30-23;/h2,4,6-12,16,20,29,34H,3,5,13-15H2,1H3,(H,32,35)(H,30,31,36);1H. The van der Waals surface area contributed by atoms with Gasteiger partial charge in [0.25, 0.3) is 11.8 Å². The lowest BCUT2D eigenvalue weighted by molar-refractivity contribution is -0.135. The van der Waals surface area contributed by atoms with Gasteiger partial charge in [-0.2, -0.15) is 0 Å². The Morgan fingerprint density at radius 2 is 1.84 bits per heavy atom. The molecule has 1 saturated heterocycles. The van der Waals surface area contributed by atoms with Gasteiger partial charge in [-0.15, -0.1) is 12.4 Å². The number of likely N-dealkylation sites (N-methyl/N-ethyl adjacent to an activating group) is 1. The quantitative estimate of drug-likeness (QED) is 0.306. The summed E-state index contributed by atoms with van der Waals surface area (Å²) in [4.78, 5) is 44.7. The molecule has 2 aromatic carbocycles. The lowest BCUT2D eigenvalue weighted by Gasteiger charge is -2.32. The topological polar surface area (TPSA) is 124 Å². The number of nitrogens with one attached hydrogen (secondary N) is 3. The highest BCUT2D eigenvalue weighted by atomic mass is 35.5. The molecule has 1 atom stereocenters. The molecule has 0 bridgehead atoms. The average Bonchev–Trinajstić information content (AvgIpc) is 2.90. The van der Waals surface area contributed by atoms with E-state index < -0.39 is 11.8 Å². The van der Waals surface area contributed by atoms with Crippen LogP contribution in [0.4, 0.5) is 11.5 Å². The number of aromatic hydroxyl groups is 1. The van der Waals surface area contributed by atoms with Crippen LogP contribution in [-0.2, 0) is 4.79 Å². The third kappa shape index (κ3) is 6.80. The summed E-state index contributed by atoms with van der Waals surface area (Å²) >= 11 is 5.84. The molecule has 38 heavy (non-hydrogen) atoms. The molecule has 0 radical (unpaired) electrons. The minimum atomic E-state index is -0.560. The monoisotopic (exact) mass is 557 g/mol. The number of nitrogens with zero attached hydrogens (tertiary/aromatic N) is 2. The molecule has 0 aliphatic carbocycles. The summed E-state index contributed by atoms with van der Waals surface area (Å²) < 4.78 is 0. The number of benzene rings is 2. The van der Waals surface area contributed by atoms with Crippen LogP contribution in [0.25, 0.3) is 0 Å². The number of carbonyl (C=O) groups excluding carboxylic acids is 3. The van der Waals surface area contributed by atoms with Gasteiger partial charge in [-0.1, -0.05) is 29.8 Å². The maximum atomic E-state index is 13.0. The Kier molecular flexibility index (Phi) is 10.1. The van der Waals surface area contributed by atoms with Crippen molar-refractivity contribution in [1.29, 1.82) is 0 Å². The third-order valence-electron chi connectivity index (χ3n) is 6.23. The van der Waals surface area contributed by atoms with Gasteiger partial charge in [-0.25, -0.2) is 4.98 Å². The Morgan fingerprint density at radius 1 is 1.08 bits per heavy atom. The maximum Gasteiger partial charge on any atom is 0.259 e. The van der Waals surface area contributed by atoms with Gasteiger partial charge in [0.2, 0.25) is 5.91 Å². The van der Waals surface area contributed by atoms with E-state index in [0.29, 0.717) is 17.1 Å². The minimum absolute atomic E-state index is 0. The van der Waals surface area contributed by atoms with E-state index in [4.69, 9.17) is 11.6 Å². The fraction of sp³-hybridized carbons (Fsp3) is 0.259. The fourth-order valence-electron chi connectivity index (χ4n) is 4.26. The second-order valence-corrected chi connectivity index (χ2v) is 9.15. The second kappa shape index (κ2) is 13.2. The van der Waals surface area contributed by atoms with Crippen LogP contribution in [0, 0.1) is 0 Å². The van der Waals surface area contributed by atoms with Gasteiger partial charge >= 0.3 is 0 Å². The van der Waals surface area contributed by atoms with Crippen LogP contribution >= 0.6 is 24.0 Å². The van der Waals surface area contributed by atoms with Crippen molar-refractivity contribution in [2.24, 2.45) is 0 Å². The number of rotatable bonds is 8. The molecular weight excluding hydrogens is 529 g/mol. The molecule has 1 fully saturated rings. The summed E-state index contributed by atoms with van der Waals surface area (Å²) in [5.41, 5.74) is 1.23. The zero-order valence-electron chi connectivity index (χ0n) is 20.7. The first-order valence-corrected chi connectivity index (χ1v) is 12.3. The number of phenolic OH excluding ortho intramolecular Hbond substituents is 1. The fourth-order valence-corrected chi connectivity index (χ4v) is 4.38. The van der Waals surface area contributed by atoms with Crippen LogP contribution in [0.1, 0.15) is 45.0 Å². The van der Waals surface area contributed by atoms with Crippen LogP contribution in [0.2, 0.25) is 5.02 Å². The number of halogens is 2. The van der Waals surface area contributed by atoms with Crippen LogP contribution in [0.3, 0.4) is 0 Å². The third-order valence-corrected chi connectivity index (χ3v) is 6.46. The van der Waals surface area contributed by atoms with Crippen molar-refractivity contribution in [2.45, 2.75) is 18.8 Å². The number of phenols is 1. The number of hydrogen-bond donors (Lipinski definition) is 4. The first-order valence-electron chi connectivity index (χ1n) is 12.0. The maximum absolute atomic E-state index is 13.0. The number of carbonyl (C=O) groups is 3. The summed E-state index contributed by atoms with van der Waals surface area (Å²) in [5, 5.41) is 19.1. The average molecular weight is 558 g/mol. The molecule has 3 aromatic rings. The molecule has 2 heterocycles. The predicted octanol–water partition coefficient (Wildman–Crippen LogP) is 4.29. The van der Waals surface area contributed by atoms with Gasteiger partial charge in [-0.3, -0.25) is 14.4 Å². The van der Waals surface area contributed by atoms with E-state index in [1.165, 1.54) is 24.4 Å². The molecule has 1 aliphatic heterocycles. The highest BCUT2D eigenvalue weighted by Gasteiger charge is 2.29. The summed E-state index contributed by atoms with van der Waals surface area (Å²) in [6, 6.07) is 14.3. The number of aromatic nitrogens is 1. The molecule has 1 aromatic heterocycles. The summed E-state index contributed by atoms with van der Waals surface area (Å²) in [7, 11) is 1.86. The largest absolute Gasteiger partial charge is 0.506 e. The number of likely N-dealkylation sites (tertiary alicyclic amines) is 1. The van der Waals surface area contributed by atoms with Gasteiger partial charge in [0.15, 0.2) is 0 Å². The van der Waals surface area contributed by atoms with Crippen LogP contribution in [-0.4, -0.2) is 59.4 Å². The number of anilines is 2. The van der Waals surface area contributed by atoms with E-state index in [9.17, 15) is 19.5 Å². The van der Waals surface area contributed by atoms with E-state index >= 15 is 0 Å². The predicted molar refractivity (Wildman–Crippen MR) is 149 cm³/mol. The van der Waals surface area contributed by atoms with Gasteiger partial charge in [0.1, 0.15) is 11.6 Å². The van der Waals surface area contributed by atoms with Gasteiger partial charge in [0, 0.05) is 31.4 Å². The van der Waals surface area contributed by atoms with Crippen molar-refractivity contribution in [3.63, 3.8) is 0 Å². The van der Waals surface area contributed by atoms with Crippen LogP contribution in [0.15, 0.2) is 60.8 Å². The summed E-state index contributed by atoms with van der Waals surface area (Å²) in [6.45, 7) is 2.15. The van der Waals surface area contributed by atoms with E-state index in [2.05, 4.69) is 20.9 Å². The number of pyridine rings is 1. The van der Waals surface area contributed by atoms with Crippen molar-refractivity contribution in [3.05, 3.63) is 82.5 Å². The Bertz CT molecular complexity index is 1290. The zero-order valence-corrected chi connectivity index (χ0v) is 22.3. The first kappa shape index (κ1) is 28.9. The van der Waals surface area contributed by atoms with Crippen molar-refractivity contribution >= 4 is 53.2 Å². The Morgan fingerprint density at radius 3 is 2.53 bits per heavy atom. The minimum Gasteiger partial charge on any atom is -0.506 e. The summed E-state index contributed by atoms with van der Waals surface area (Å²) in [5.74, 6) is -1.19. The lowest BCUT2D eigenvalue weighted by atomic mass is 9.89. The normalized spacial score (nSPS) is 14.9. The number of amides is 3. The lowest BCUT2D eigenvalue weighted by Crippen LogP contribution is -2.43. The van der Waals surface area contributed by atoms with Crippen molar-refractivity contribution in [3.8, 4) is 5.75 Å². The van der Waals surface area contributed by atoms with Gasteiger partial charge < -0.3 is 26.0 Å². The number of hydrogen-bond acceptors (Lipinski definition) is 6. The summed E-state index contributed by atoms with van der Waals surface area (Å²) in [6.07, 6.45) is 3.08. The van der Waals surface area contributed by atoms with Gasteiger partial charge in [0.05, 0.1) is 22.2 Å². The Hall–Kier alpha value is -3.66. The molecule has 1 unspecified atom stereocenters. The first-order chi connectivity index (χ1) is 17.9. The highest BCUT2D eigenvalue weighted by Crippen LogP contribution is 2.30. The van der Waals surface area contributed by atoms with E-state index in [1.807, 2.05) is 11.9 Å². The highest BCUT2D eigenvalue weighted by molar-refractivity contribution is 6.30. The zero-order chi connectivity index (χ0) is 26.4. The molecule has 1 aliphatic rings. The van der Waals surface area contributed by atoms with Gasteiger partial charge in [-0.05, 0) is 61.9 Å². The Balaban J connectivity index is 0.00000400. The molecule has 4 N–H and O–H groups in total. The molecular formula is C27H29Cl2N5O4. The molecule has 0 saturated carbocycles. The second-order valence-electron chi connectivity index (χ2n) is 8.72. The SMILES string of the molecule is CNCCN1CCCC(c2ccc(C(=O)Nc3c(O)cccc3C(=O)Nc3ccc(Cl)cn3)cc2)C1=O.Cl. The van der Waals surface area contributed by atoms with Crippen molar-refractivity contribution < 1.29 is 19.5 Å². The van der Waals surface area contributed by atoms with E-state index in [-0.39, 0.29) is 47.1 Å². The molecule has 0 spiro atoms. The van der Waals surface area contributed by atoms with E-state index in [0.717, 1.165) is 31.5 Å².